The molecule has 0 fully saturated rings. The zero-order valence-electron chi connectivity index (χ0n) is 11.8. The fourth-order valence-electron chi connectivity index (χ4n) is 2.37. The lowest BCUT2D eigenvalue weighted by molar-refractivity contribution is 0.263. The highest BCUT2D eigenvalue weighted by atomic mass is 16.5. The summed E-state index contributed by atoms with van der Waals surface area (Å²) in [5, 5.41) is 3.60. The standard InChI is InChI=1S/C16H25NO/c1-16(2,3)9-10-17-12-13-8-11-18-15-7-5-4-6-14(13)15/h4-7,13,17H,8-12H2,1-3H3. The Hall–Kier alpha value is -1.02. The first-order valence-corrected chi connectivity index (χ1v) is 6.99. The Morgan fingerprint density at radius 1 is 1.28 bits per heavy atom. The molecule has 0 saturated heterocycles. The van der Waals surface area contributed by atoms with E-state index in [0.717, 1.165) is 31.9 Å². The van der Waals surface area contributed by atoms with Crippen molar-refractivity contribution in [3.8, 4) is 5.75 Å². The first-order valence-electron chi connectivity index (χ1n) is 6.99. The van der Waals surface area contributed by atoms with Gasteiger partial charge in [-0.15, -0.1) is 0 Å². The molecule has 0 radical (unpaired) electrons. The summed E-state index contributed by atoms with van der Waals surface area (Å²) < 4.78 is 5.69. The van der Waals surface area contributed by atoms with Crippen LogP contribution in [0.25, 0.3) is 0 Å². The third-order valence-electron chi connectivity index (χ3n) is 3.53. The highest BCUT2D eigenvalue weighted by Gasteiger charge is 2.20. The van der Waals surface area contributed by atoms with E-state index in [-0.39, 0.29) is 0 Å². The summed E-state index contributed by atoms with van der Waals surface area (Å²) >= 11 is 0. The lowest BCUT2D eigenvalue weighted by atomic mass is 9.91. The highest BCUT2D eigenvalue weighted by molar-refractivity contribution is 5.37. The first-order chi connectivity index (χ1) is 8.56. The van der Waals surface area contributed by atoms with Crippen LogP contribution in [0.5, 0.6) is 5.75 Å². The minimum Gasteiger partial charge on any atom is -0.493 e. The van der Waals surface area contributed by atoms with Gasteiger partial charge >= 0.3 is 0 Å². The fraction of sp³-hybridized carbons (Fsp3) is 0.625. The number of fused-ring (bicyclic) bond motifs is 1. The number of nitrogens with one attached hydrogen (secondary N) is 1. The van der Waals surface area contributed by atoms with Crippen LogP contribution in [0.1, 0.15) is 45.1 Å². The molecule has 2 rings (SSSR count). The van der Waals surface area contributed by atoms with E-state index in [0.29, 0.717) is 11.3 Å². The molecular formula is C16H25NO. The Morgan fingerprint density at radius 2 is 2.06 bits per heavy atom. The van der Waals surface area contributed by atoms with Gasteiger partial charge in [-0.25, -0.2) is 0 Å². The molecule has 0 amide bonds. The SMILES string of the molecule is CC(C)(C)CCNCC1CCOc2ccccc21. The van der Waals surface area contributed by atoms with Gasteiger partial charge in [0, 0.05) is 12.5 Å². The Bertz CT molecular complexity index is 381. The number of ether oxygens (including phenoxy) is 1. The molecule has 100 valence electrons. The zero-order valence-corrected chi connectivity index (χ0v) is 11.8. The van der Waals surface area contributed by atoms with Gasteiger partial charge in [0.05, 0.1) is 6.61 Å². The summed E-state index contributed by atoms with van der Waals surface area (Å²) in [5.41, 5.74) is 1.78. The van der Waals surface area contributed by atoms with E-state index in [9.17, 15) is 0 Å². The molecule has 0 bridgehead atoms. The average molecular weight is 247 g/mol. The van der Waals surface area contributed by atoms with Crippen molar-refractivity contribution in [3.05, 3.63) is 29.8 Å². The minimum absolute atomic E-state index is 0.417. The van der Waals surface area contributed by atoms with Crippen molar-refractivity contribution in [2.45, 2.75) is 39.5 Å². The van der Waals surface area contributed by atoms with E-state index in [1.165, 1.54) is 12.0 Å². The minimum atomic E-state index is 0.417. The number of hydrogen-bond donors (Lipinski definition) is 1. The molecule has 2 nitrogen and oxygen atoms in total. The molecule has 1 unspecified atom stereocenters. The first kappa shape index (κ1) is 13.4. The number of benzene rings is 1. The average Bonchev–Trinajstić information content (AvgIpc) is 2.33. The summed E-state index contributed by atoms with van der Waals surface area (Å²) in [6.45, 7) is 9.89. The van der Waals surface area contributed by atoms with Gasteiger partial charge in [0.25, 0.3) is 0 Å². The summed E-state index contributed by atoms with van der Waals surface area (Å²) in [6.07, 6.45) is 2.34. The highest BCUT2D eigenvalue weighted by Crippen LogP contribution is 2.32. The van der Waals surface area contributed by atoms with Gasteiger partial charge < -0.3 is 10.1 Å². The van der Waals surface area contributed by atoms with Crippen molar-refractivity contribution in [1.82, 2.24) is 5.32 Å². The lowest BCUT2D eigenvalue weighted by Gasteiger charge is -2.26. The molecular weight excluding hydrogens is 222 g/mol. The molecule has 0 aliphatic carbocycles. The van der Waals surface area contributed by atoms with Crippen LogP contribution >= 0.6 is 0 Å². The maximum atomic E-state index is 5.69. The van der Waals surface area contributed by atoms with Gasteiger partial charge in [-0.3, -0.25) is 0 Å². The van der Waals surface area contributed by atoms with Crippen LogP contribution in [-0.4, -0.2) is 19.7 Å². The van der Waals surface area contributed by atoms with E-state index in [1.54, 1.807) is 0 Å². The largest absolute Gasteiger partial charge is 0.493 e. The van der Waals surface area contributed by atoms with Crippen LogP contribution in [0.15, 0.2) is 24.3 Å². The van der Waals surface area contributed by atoms with Crippen LogP contribution in [0.2, 0.25) is 0 Å². The molecule has 0 aromatic heterocycles. The Balaban J connectivity index is 1.84. The van der Waals surface area contributed by atoms with Crippen LogP contribution in [-0.2, 0) is 0 Å². The Kier molecular flexibility index (Phi) is 4.28. The van der Waals surface area contributed by atoms with E-state index < -0.39 is 0 Å². The van der Waals surface area contributed by atoms with E-state index in [1.807, 2.05) is 6.07 Å². The van der Waals surface area contributed by atoms with Crippen LogP contribution in [0.4, 0.5) is 0 Å². The molecule has 0 spiro atoms. The molecule has 1 aromatic carbocycles. The molecule has 1 atom stereocenters. The Morgan fingerprint density at radius 3 is 2.83 bits per heavy atom. The predicted molar refractivity (Wildman–Crippen MR) is 76.2 cm³/mol. The fourth-order valence-corrected chi connectivity index (χ4v) is 2.37. The number of rotatable bonds is 4. The maximum Gasteiger partial charge on any atom is 0.122 e. The van der Waals surface area contributed by atoms with Gasteiger partial charge in [-0.1, -0.05) is 39.0 Å². The molecule has 1 aliphatic heterocycles. The topological polar surface area (TPSA) is 21.3 Å². The van der Waals surface area contributed by atoms with Crippen molar-refractivity contribution >= 4 is 0 Å². The van der Waals surface area contributed by atoms with Gasteiger partial charge in [-0.2, -0.15) is 0 Å². The number of hydrogen-bond acceptors (Lipinski definition) is 2. The van der Waals surface area contributed by atoms with Crippen molar-refractivity contribution in [1.29, 1.82) is 0 Å². The summed E-state index contributed by atoms with van der Waals surface area (Å²) in [6, 6.07) is 8.44. The molecule has 1 N–H and O–H groups in total. The van der Waals surface area contributed by atoms with Crippen molar-refractivity contribution < 1.29 is 4.74 Å². The van der Waals surface area contributed by atoms with E-state index >= 15 is 0 Å². The van der Waals surface area contributed by atoms with E-state index in [4.69, 9.17) is 4.74 Å². The maximum absolute atomic E-state index is 5.69. The van der Waals surface area contributed by atoms with E-state index in [2.05, 4.69) is 44.3 Å². The lowest BCUT2D eigenvalue weighted by Crippen LogP contribution is -2.28. The molecule has 1 aliphatic rings. The second kappa shape index (κ2) is 5.75. The van der Waals surface area contributed by atoms with Crippen LogP contribution in [0.3, 0.4) is 0 Å². The second-order valence-electron chi connectivity index (χ2n) is 6.39. The smallest absolute Gasteiger partial charge is 0.122 e. The zero-order chi connectivity index (χ0) is 13.0. The number of para-hydroxylation sites is 1. The molecule has 0 saturated carbocycles. The van der Waals surface area contributed by atoms with Gasteiger partial charge in [0.1, 0.15) is 5.75 Å². The van der Waals surface area contributed by atoms with Gasteiger partial charge in [0.15, 0.2) is 0 Å². The van der Waals surface area contributed by atoms with Crippen molar-refractivity contribution in [2.75, 3.05) is 19.7 Å². The van der Waals surface area contributed by atoms with Crippen LogP contribution < -0.4 is 10.1 Å². The molecule has 1 aromatic rings. The van der Waals surface area contributed by atoms with Crippen molar-refractivity contribution in [2.24, 2.45) is 5.41 Å². The molecule has 18 heavy (non-hydrogen) atoms. The summed E-state index contributed by atoms with van der Waals surface area (Å²) in [5.74, 6) is 1.68. The normalized spacial score (nSPS) is 19.2. The van der Waals surface area contributed by atoms with Gasteiger partial charge in [0.2, 0.25) is 0 Å². The van der Waals surface area contributed by atoms with Crippen molar-refractivity contribution in [3.63, 3.8) is 0 Å². The Labute approximate surface area is 111 Å². The third kappa shape index (κ3) is 3.74. The molecule has 2 heteroatoms. The van der Waals surface area contributed by atoms with Crippen LogP contribution in [0, 0.1) is 5.41 Å². The predicted octanol–water partition coefficient (Wildman–Crippen LogP) is 3.58. The quantitative estimate of drug-likeness (QED) is 0.821. The summed E-state index contributed by atoms with van der Waals surface area (Å²) in [7, 11) is 0. The van der Waals surface area contributed by atoms with Gasteiger partial charge in [-0.05, 0) is 36.4 Å². The summed E-state index contributed by atoms with van der Waals surface area (Å²) in [4.78, 5) is 0. The monoisotopic (exact) mass is 247 g/mol. The second-order valence-corrected chi connectivity index (χ2v) is 6.39. The molecule has 1 heterocycles. The third-order valence-corrected chi connectivity index (χ3v) is 3.53.